The number of halogens is 1. The van der Waals surface area contributed by atoms with Gasteiger partial charge in [0.15, 0.2) is 11.5 Å². The number of nitrogens with one attached hydrogen (secondary N) is 1. The Morgan fingerprint density at radius 1 is 1.02 bits per heavy atom. The lowest BCUT2D eigenvalue weighted by Crippen LogP contribution is -2.59. The highest BCUT2D eigenvalue weighted by Gasteiger charge is 2.53. The van der Waals surface area contributed by atoms with Crippen molar-refractivity contribution >= 4 is 34.4 Å². The van der Waals surface area contributed by atoms with Gasteiger partial charge in [0.05, 0.1) is 29.9 Å². The van der Waals surface area contributed by atoms with Gasteiger partial charge in [-0.15, -0.1) is 0 Å². The van der Waals surface area contributed by atoms with Gasteiger partial charge >= 0.3 is 0 Å². The first-order valence-electron chi connectivity index (χ1n) is 17.9. The minimum Gasteiger partial charge on any atom is -0.493 e. The minimum absolute atomic E-state index is 0.0639. The van der Waals surface area contributed by atoms with Crippen LogP contribution in [-0.2, 0) is 16.2 Å². The molecule has 0 heterocycles. The molecule has 0 aliphatic heterocycles. The number of benzene rings is 1. The van der Waals surface area contributed by atoms with E-state index in [1.54, 1.807) is 12.1 Å². The number of hydrogen-bond donors (Lipinski definition) is 4. The molecule has 6 bridgehead atoms. The van der Waals surface area contributed by atoms with Crippen LogP contribution in [0.3, 0.4) is 0 Å². The molecule has 6 fully saturated rings. The predicted molar refractivity (Wildman–Crippen MR) is 185 cm³/mol. The van der Waals surface area contributed by atoms with Crippen LogP contribution in [0.5, 0.6) is 11.5 Å². The van der Waals surface area contributed by atoms with Crippen LogP contribution in [0.1, 0.15) is 82.6 Å². The largest absolute Gasteiger partial charge is 0.493 e. The zero-order chi connectivity index (χ0) is 32.9. The predicted octanol–water partition coefficient (Wildman–Crippen LogP) is 4.58. The van der Waals surface area contributed by atoms with E-state index in [4.69, 9.17) is 9.47 Å². The Hall–Kier alpha value is -1.89. The first-order chi connectivity index (χ1) is 22.7. The van der Waals surface area contributed by atoms with Crippen LogP contribution in [0.15, 0.2) is 23.8 Å². The molecule has 0 aromatic heterocycles. The second-order valence-electron chi connectivity index (χ2n) is 15.9. The lowest BCUT2D eigenvalue weighted by Gasteiger charge is -2.58. The van der Waals surface area contributed by atoms with Gasteiger partial charge in [-0.25, -0.2) is 0 Å². The van der Waals surface area contributed by atoms with Crippen molar-refractivity contribution in [2.24, 2.45) is 40.9 Å². The van der Waals surface area contributed by atoms with Crippen LogP contribution >= 0.6 is 22.6 Å². The molecule has 2 amide bonds. The Balaban J connectivity index is 1.22. The summed E-state index contributed by atoms with van der Waals surface area (Å²) in [5.74, 6) is 4.57. The summed E-state index contributed by atoms with van der Waals surface area (Å²) in [7, 11) is 1.53. The molecule has 0 spiro atoms. The van der Waals surface area contributed by atoms with E-state index in [2.05, 4.69) is 27.9 Å². The van der Waals surface area contributed by atoms with Gasteiger partial charge in [0.2, 0.25) is 11.8 Å². The van der Waals surface area contributed by atoms with Crippen LogP contribution in [0.25, 0.3) is 0 Å². The second kappa shape index (κ2) is 13.8. The quantitative estimate of drug-likeness (QED) is 0.230. The summed E-state index contributed by atoms with van der Waals surface area (Å²) >= 11 is 2.13. The summed E-state index contributed by atoms with van der Waals surface area (Å²) in [6.45, 7) is 0.406. The zero-order valence-corrected chi connectivity index (χ0v) is 29.7. The average Bonchev–Trinajstić information content (AvgIpc) is 3.67. The molecular formula is C37H51IN2O7. The molecule has 0 saturated heterocycles. The SMILES string of the molecule is COc1cc(CO)cc(I)c1OC1C=C(C(=O)NCCO)CC(N(CC23CC4CC(CC(C4)C2)C3)C(=O)CC2CC3CCC2C3)C1O. The molecule has 47 heavy (non-hydrogen) atoms. The molecule has 7 aliphatic carbocycles. The van der Waals surface area contributed by atoms with E-state index in [1.165, 1.54) is 45.6 Å². The lowest BCUT2D eigenvalue weighted by atomic mass is 9.49. The summed E-state index contributed by atoms with van der Waals surface area (Å²) in [4.78, 5) is 30.1. The molecule has 6 saturated carbocycles. The average molecular weight is 763 g/mol. The van der Waals surface area contributed by atoms with Crippen LogP contribution in [0, 0.1) is 44.5 Å². The Kier molecular flexibility index (Phi) is 9.86. The number of nitrogens with zero attached hydrogens (tertiary/aromatic N) is 1. The number of ether oxygens (including phenoxy) is 2. The molecular weight excluding hydrogens is 711 g/mol. The molecule has 258 valence electrons. The third-order valence-corrected chi connectivity index (χ3v) is 13.5. The normalized spacial score (nSPS) is 36.7. The van der Waals surface area contributed by atoms with Gasteiger partial charge in [-0.1, -0.05) is 6.42 Å². The van der Waals surface area contributed by atoms with Crippen molar-refractivity contribution in [2.45, 2.75) is 102 Å². The first kappa shape index (κ1) is 33.6. The van der Waals surface area contributed by atoms with Crippen LogP contribution < -0.4 is 14.8 Å². The van der Waals surface area contributed by atoms with Gasteiger partial charge in [-0.3, -0.25) is 9.59 Å². The van der Waals surface area contributed by atoms with Crippen LogP contribution in [0.4, 0.5) is 0 Å². The number of aliphatic hydroxyl groups is 3. The lowest BCUT2D eigenvalue weighted by molar-refractivity contribution is -0.148. The monoisotopic (exact) mass is 762 g/mol. The number of amides is 2. The number of carbonyl (C=O) groups excluding carboxylic acids is 2. The molecule has 8 rings (SSSR count). The third-order valence-electron chi connectivity index (χ3n) is 12.7. The summed E-state index contributed by atoms with van der Waals surface area (Å²) in [6, 6.07) is 2.89. The van der Waals surface area contributed by atoms with Gasteiger partial charge in [-0.05, 0) is 145 Å². The number of hydrogen-bond acceptors (Lipinski definition) is 7. The van der Waals surface area contributed by atoms with E-state index >= 15 is 0 Å². The number of rotatable bonds is 12. The maximum atomic E-state index is 14.7. The summed E-state index contributed by atoms with van der Waals surface area (Å²) in [6.07, 6.45) is 12.7. The molecule has 6 unspecified atom stereocenters. The first-order valence-corrected chi connectivity index (χ1v) is 19.0. The topological polar surface area (TPSA) is 129 Å². The Morgan fingerprint density at radius 3 is 2.34 bits per heavy atom. The third kappa shape index (κ3) is 6.82. The van der Waals surface area contributed by atoms with Gasteiger partial charge < -0.3 is 35.0 Å². The maximum absolute atomic E-state index is 14.7. The van der Waals surface area contributed by atoms with Crippen molar-refractivity contribution in [2.75, 3.05) is 26.8 Å². The maximum Gasteiger partial charge on any atom is 0.247 e. The Morgan fingerprint density at radius 2 is 1.74 bits per heavy atom. The van der Waals surface area contributed by atoms with Gasteiger partial charge in [0.1, 0.15) is 12.2 Å². The van der Waals surface area contributed by atoms with Crippen molar-refractivity contribution < 1.29 is 34.4 Å². The molecule has 1 aromatic rings. The van der Waals surface area contributed by atoms with Crippen molar-refractivity contribution in [1.29, 1.82) is 0 Å². The van der Waals surface area contributed by atoms with E-state index in [-0.39, 0.29) is 43.4 Å². The van der Waals surface area contributed by atoms with Crippen molar-refractivity contribution in [1.82, 2.24) is 10.2 Å². The standard InChI is InChI=1S/C37H51IN2O7/c1-46-32-12-25(19-42)11-29(38)35(32)47-31-14-28(36(45)39-4-5-41)13-30(34(31)44)40(33(43)15-27-10-21-2-3-26(27)9-21)20-37-16-22-6-23(17-37)8-24(7-22)18-37/h11-12,14,21-24,26-27,30-31,34,41-42,44H,2-10,13,15-20H2,1H3,(H,39,45). The summed E-state index contributed by atoms with van der Waals surface area (Å²) in [5, 5.41) is 34.2. The summed E-state index contributed by atoms with van der Waals surface area (Å²) < 4.78 is 12.9. The highest BCUT2D eigenvalue weighted by atomic mass is 127. The van der Waals surface area contributed by atoms with Gasteiger partial charge in [0, 0.05) is 31.5 Å². The van der Waals surface area contributed by atoms with Gasteiger partial charge in [-0.2, -0.15) is 0 Å². The Bertz CT molecular complexity index is 1350. The molecule has 10 heteroatoms. The Labute approximate surface area is 292 Å². The molecule has 7 aliphatic rings. The fraction of sp³-hybridized carbons (Fsp3) is 0.730. The van der Waals surface area contributed by atoms with E-state index < -0.39 is 18.2 Å². The number of aliphatic hydroxyl groups excluding tert-OH is 3. The van der Waals surface area contributed by atoms with Crippen molar-refractivity contribution in [3.8, 4) is 11.5 Å². The van der Waals surface area contributed by atoms with Crippen LogP contribution in [-0.4, -0.2) is 77.1 Å². The molecule has 4 N–H and O–H groups in total. The molecule has 1 aromatic carbocycles. The number of fused-ring (bicyclic) bond motifs is 2. The fourth-order valence-corrected chi connectivity index (χ4v) is 11.9. The smallest absolute Gasteiger partial charge is 0.247 e. The van der Waals surface area contributed by atoms with Crippen molar-refractivity contribution in [3.63, 3.8) is 0 Å². The zero-order valence-electron chi connectivity index (χ0n) is 27.5. The molecule has 9 nitrogen and oxygen atoms in total. The van der Waals surface area contributed by atoms with E-state index in [1.807, 2.05) is 11.0 Å². The highest BCUT2D eigenvalue weighted by molar-refractivity contribution is 14.1. The molecule has 6 atom stereocenters. The summed E-state index contributed by atoms with van der Waals surface area (Å²) in [5.41, 5.74) is 1.19. The van der Waals surface area contributed by atoms with E-state index in [0.29, 0.717) is 51.0 Å². The van der Waals surface area contributed by atoms with E-state index in [9.17, 15) is 24.9 Å². The second-order valence-corrected chi connectivity index (χ2v) is 17.0. The van der Waals surface area contributed by atoms with E-state index in [0.717, 1.165) is 49.4 Å². The number of methoxy groups -OCH3 is 1. The van der Waals surface area contributed by atoms with Crippen molar-refractivity contribution in [3.05, 3.63) is 32.9 Å². The molecule has 0 radical (unpaired) electrons. The minimum atomic E-state index is -1.07. The fourth-order valence-electron chi connectivity index (χ4n) is 11.1. The highest BCUT2D eigenvalue weighted by Crippen LogP contribution is 2.60. The number of carbonyl (C=O) groups is 2. The van der Waals surface area contributed by atoms with Gasteiger partial charge in [0.25, 0.3) is 0 Å². The van der Waals surface area contributed by atoms with Crippen LogP contribution in [0.2, 0.25) is 0 Å².